The summed E-state index contributed by atoms with van der Waals surface area (Å²) in [6.07, 6.45) is 4.47. The summed E-state index contributed by atoms with van der Waals surface area (Å²) < 4.78 is 5.32. The molecule has 0 aliphatic heterocycles. The van der Waals surface area contributed by atoms with Crippen LogP contribution in [0.2, 0.25) is 10.0 Å². The Morgan fingerprint density at radius 3 is 2.56 bits per heavy atom. The second-order valence-corrected chi connectivity index (χ2v) is 6.13. The molecular formula is C20H13Cl2N3O2. The van der Waals surface area contributed by atoms with Crippen molar-refractivity contribution < 1.29 is 9.53 Å². The van der Waals surface area contributed by atoms with E-state index in [1.54, 1.807) is 30.5 Å². The molecule has 0 spiro atoms. The fourth-order valence-corrected chi connectivity index (χ4v) is 2.69. The Morgan fingerprint density at radius 2 is 1.89 bits per heavy atom. The van der Waals surface area contributed by atoms with Gasteiger partial charge < -0.3 is 10.1 Å². The van der Waals surface area contributed by atoms with Crippen LogP contribution < -0.4 is 10.1 Å². The van der Waals surface area contributed by atoms with Crippen LogP contribution >= 0.6 is 23.2 Å². The van der Waals surface area contributed by atoms with Crippen LogP contribution in [0.15, 0.2) is 55.0 Å². The third-order valence-corrected chi connectivity index (χ3v) is 4.12. The highest BCUT2D eigenvalue weighted by Gasteiger charge is 2.13. The number of amides is 1. The maximum absolute atomic E-state index is 12.6. The van der Waals surface area contributed by atoms with E-state index in [4.69, 9.17) is 27.9 Å². The molecule has 2 heterocycles. The van der Waals surface area contributed by atoms with Crippen LogP contribution in [-0.4, -0.2) is 23.0 Å². The monoisotopic (exact) mass is 397 g/mol. The van der Waals surface area contributed by atoms with Crippen LogP contribution in [-0.2, 0) is 0 Å². The summed E-state index contributed by atoms with van der Waals surface area (Å²) >= 11 is 12.1. The van der Waals surface area contributed by atoms with E-state index in [0.717, 1.165) is 0 Å². The molecule has 0 aliphatic carbocycles. The van der Waals surface area contributed by atoms with Crippen molar-refractivity contribution in [2.75, 3.05) is 12.4 Å². The summed E-state index contributed by atoms with van der Waals surface area (Å²) in [7, 11) is 1.54. The lowest BCUT2D eigenvalue weighted by Gasteiger charge is -2.10. The van der Waals surface area contributed by atoms with Crippen LogP contribution in [0.3, 0.4) is 0 Å². The van der Waals surface area contributed by atoms with E-state index in [-0.39, 0.29) is 16.0 Å². The van der Waals surface area contributed by atoms with Gasteiger partial charge >= 0.3 is 0 Å². The van der Waals surface area contributed by atoms with Crippen molar-refractivity contribution in [1.82, 2.24) is 9.97 Å². The minimum atomic E-state index is -0.381. The van der Waals surface area contributed by atoms with Crippen molar-refractivity contribution in [3.8, 4) is 17.6 Å². The fourth-order valence-electron chi connectivity index (χ4n) is 2.23. The first kappa shape index (κ1) is 18.7. The highest BCUT2D eigenvalue weighted by molar-refractivity contribution is 6.39. The number of hydrogen-bond donors (Lipinski definition) is 1. The number of rotatable bonds is 3. The zero-order valence-corrected chi connectivity index (χ0v) is 15.7. The van der Waals surface area contributed by atoms with E-state index in [9.17, 15) is 4.79 Å². The minimum Gasteiger partial charge on any atom is -0.495 e. The van der Waals surface area contributed by atoms with E-state index >= 15 is 0 Å². The number of carbonyl (C=O) groups is 1. The maximum atomic E-state index is 12.6. The van der Waals surface area contributed by atoms with Gasteiger partial charge in [0.25, 0.3) is 5.91 Å². The van der Waals surface area contributed by atoms with Gasteiger partial charge in [0.2, 0.25) is 0 Å². The molecule has 3 rings (SSSR count). The van der Waals surface area contributed by atoms with Crippen molar-refractivity contribution in [3.63, 3.8) is 0 Å². The highest BCUT2D eigenvalue weighted by atomic mass is 35.5. The molecule has 3 aromatic rings. The molecule has 27 heavy (non-hydrogen) atoms. The summed E-state index contributed by atoms with van der Waals surface area (Å²) in [5.74, 6) is 6.10. The molecule has 0 fully saturated rings. The molecule has 2 aromatic heterocycles. The predicted octanol–water partition coefficient (Wildman–Crippen LogP) is 4.44. The molecule has 0 unspecified atom stereocenters. The van der Waals surface area contributed by atoms with E-state index in [0.29, 0.717) is 28.3 Å². The van der Waals surface area contributed by atoms with Gasteiger partial charge in [0, 0.05) is 24.2 Å². The number of pyridine rings is 2. The number of anilines is 1. The van der Waals surface area contributed by atoms with E-state index < -0.39 is 0 Å². The quantitative estimate of drug-likeness (QED) is 0.663. The summed E-state index contributed by atoms with van der Waals surface area (Å²) in [6.45, 7) is 0. The maximum Gasteiger partial charge on any atom is 0.255 e. The Labute approximate surface area is 166 Å². The van der Waals surface area contributed by atoms with Gasteiger partial charge in [-0.3, -0.25) is 9.78 Å². The molecular weight excluding hydrogens is 385 g/mol. The molecule has 1 amide bonds. The Hall–Kier alpha value is -3.07. The van der Waals surface area contributed by atoms with E-state index in [1.807, 2.05) is 12.1 Å². The molecule has 5 nitrogen and oxygen atoms in total. The van der Waals surface area contributed by atoms with Crippen molar-refractivity contribution in [2.45, 2.75) is 0 Å². The Balaban J connectivity index is 1.91. The number of methoxy groups -OCH3 is 1. The first-order valence-corrected chi connectivity index (χ1v) is 8.55. The lowest BCUT2D eigenvalue weighted by molar-refractivity contribution is 0.102. The first-order chi connectivity index (χ1) is 13.1. The van der Waals surface area contributed by atoms with Crippen molar-refractivity contribution in [2.24, 2.45) is 0 Å². The van der Waals surface area contributed by atoms with Gasteiger partial charge in [-0.15, -0.1) is 0 Å². The number of halogens is 2. The number of nitrogens with one attached hydrogen (secondary N) is 1. The summed E-state index contributed by atoms with van der Waals surface area (Å²) in [6, 6.07) is 10.4. The van der Waals surface area contributed by atoms with Crippen LogP contribution in [0.25, 0.3) is 0 Å². The number of hydrogen-bond acceptors (Lipinski definition) is 4. The molecule has 1 aromatic carbocycles. The number of aromatic nitrogens is 2. The second-order valence-electron chi connectivity index (χ2n) is 5.31. The molecule has 0 atom stereocenters. The molecule has 0 radical (unpaired) electrons. The molecule has 134 valence electrons. The SMILES string of the molecule is COc1ccc(C(=O)Nc2c(Cl)cncc2Cl)cc1C#Cc1ccccn1. The fraction of sp³-hybridized carbons (Fsp3) is 0.0500. The zero-order valence-electron chi connectivity index (χ0n) is 14.2. The van der Waals surface area contributed by atoms with Crippen LogP contribution in [0.5, 0.6) is 5.75 Å². The number of carbonyl (C=O) groups excluding carboxylic acids is 1. The van der Waals surface area contributed by atoms with Crippen molar-refractivity contribution >= 4 is 34.8 Å². The van der Waals surface area contributed by atoms with Crippen molar-refractivity contribution in [1.29, 1.82) is 0 Å². The number of nitrogens with zero attached hydrogens (tertiary/aromatic N) is 2. The van der Waals surface area contributed by atoms with Gasteiger partial charge in [-0.05, 0) is 36.3 Å². The number of ether oxygens (including phenoxy) is 1. The molecule has 0 saturated carbocycles. The number of benzene rings is 1. The predicted molar refractivity (Wildman–Crippen MR) is 105 cm³/mol. The summed E-state index contributed by atoms with van der Waals surface area (Å²) in [5.41, 5.74) is 1.85. The van der Waals surface area contributed by atoms with Crippen molar-refractivity contribution in [3.05, 3.63) is 81.9 Å². The molecule has 7 heteroatoms. The van der Waals surface area contributed by atoms with Crippen LogP contribution in [0.4, 0.5) is 5.69 Å². The minimum absolute atomic E-state index is 0.250. The van der Waals surface area contributed by atoms with Gasteiger partial charge in [-0.1, -0.05) is 35.2 Å². The average molecular weight is 398 g/mol. The Bertz CT molecular complexity index is 1020. The van der Waals surface area contributed by atoms with Gasteiger partial charge in [-0.25, -0.2) is 4.98 Å². The third-order valence-electron chi connectivity index (χ3n) is 3.54. The first-order valence-electron chi connectivity index (χ1n) is 7.80. The van der Waals surface area contributed by atoms with E-state index in [1.165, 1.54) is 19.5 Å². The highest BCUT2D eigenvalue weighted by Crippen LogP contribution is 2.29. The van der Waals surface area contributed by atoms with Gasteiger partial charge in [-0.2, -0.15) is 0 Å². The third kappa shape index (κ3) is 4.56. The second kappa shape index (κ2) is 8.54. The van der Waals surface area contributed by atoms with Crippen LogP contribution in [0, 0.1) is 11.8 Å². The van der Waals surface area contributed by atoms with Crippen LogP contribution in [0.1, 0.15) is 21.6 Å². The van der Waals surface area contributed by atoms with Gasteiger partial charge in [0.15, 0.2) is 0 Å². The van der Waals surface area contributed by atoms with E-state index in [2.05, 4.69) is 27.1 Å². The Kier molecular flexibility index (Phi) is 5.92. The lowest BCUT2D eigenvalue weighted by atomic mass is 10.1. The standard InChI is InChI=1S/C20H13Cl2N3O2/c1-27-18-8-6-14(10-13(18)5-7-15-4-2-3-9-24-15)20(26)25-19-16(21)11-23-12-17(19)22/h2-4,6,8-12H,1H3,(H,23,25,26). The van der Waals surface area contributed by atoms with Gasteiger partial charge in [0.05, 0.1) is 28.4 Å². The average Bonchev–Trinajstić information content (AvgIpc) is 2.69. The topological polar surface area (TPSA) is 64.1 Å². The molecule has 0 aliphatic rings. The summed E-state index contributed by atoms with van der Waals surface area (Å²) in [4.78, 5) is 20.6. The lowest BCUT2D eigenvalue weighted by Crippen LogP contribution is -2.13. The largest absolute Gasteiger partial charge is 0.495 e. The smallest absolute Gasteiger partial charge is 0.255 e. The molecule has 1 N–H and O–H groups in total. The summed E-state index contributed by atoms with van der Waals surface area (Å²) in [5, 5.41) is 3.19. The molecule has 0 saturated heterocycles. The normalized spacial score (nSPS) is 9.89. The zero-order chi connectivity index (χ0) is 19.2. The molecule has 0 bridgehead atoms. The van der Waals surface area contributed by atoms with Gasteiger partial charge in [0.1, 0.15) is 11.4 Å². The Morgan fingerprint density at radius 1 is 1.11 bits per heavy atom.